The molecular weight excluding hydrogens is 495 g/mol. The van der Waals surface area contributed by atoms with Gasteiger partial charge in [-0.25, -0.2) is 4.99 Å². The highest BCUT2D eigenvalue weighted by molar-refractivity contribution is 14.0. The number of amides is 1. The Morgan fingerprint density at radius 2 is 1.93 bits per heavy atom. The van der Waals surface area contributed by atoms with Crippen LogP contribution in [0, 0.1) is 0 Å². The van der Waals surface area contributed by atoms with E-state index in [1.807, 2.05) is 31.2 Å². The first-order chi connectivity index (χ1) is 13.5. The van der Waals surface area contributed by atoms with Gasteiger partial charge in [0.15, 0.2) is 5.96 Å². The van der Waals surface area contributed by atoms with Crippen molar-refractivity contribution in [1.82, 2.24) is 16.0 Å². The maximum Gasteiger partial charge on any atom is 0.251 e. The number of nitrogens with zero attached hydrogens (tertiary/aromatic N) is 1. The molecule has 1 aromatic heterocycles. The Morgan fingerprint density at radius 3 is 2.59 bits per heavy atom. The van der Waals surface area contributed by atoms with Crippen LogP contribution in [0.1, 0.15) is 60.8 Å². The minimum atomic E-state index is -0.0324. The van der Waals surface area contributed by atoms with Crippen LogP contribution in [0.15, 0.2) is 46.8 Å². The monoisotopic (exact) mass is 528 g/mol. The molecule has 7 heteroatoms. The summed E-state index contributed by atoms with van der Waals surface area (Å²) in [5.41, 5.74) is 1.69. The Bertz CT molecular complexity index is 764. The summed E-state index contributed by atoms with van der Waals surface area (Å²) >= 11 is 1.78. The van der Waals surface area contributed by atoms with E-state index < -0.39 is 0 Å². The third kappa shape index (κ3) is 8.74. The van der Waals surface area contributed by atoms with E-state index in [1.165, 1.54) is 4.88 Å². The van der Waals surface area contributed by atoms with Crippen LogP contribution >= 0.6 is 35.3 Å². The normalized spacial score (nSPS) is 13.2. The Morgan fingerprint density at radius 1 is 1.14 bits per heavy atom. The highest BCUT2D eigenvalue weighted by Crippen LogP contribution is 2.19. The van der Waals surface area contributed by atoms with E-state index in [-0.39, 0.29) is 35.9 Å². The number of aliphatic imine (C=N–C) groups is 1. The molecule has 29 heavy (non-hydrogen) atoms. The lowest BCUT2D eigenvalue weighted by atomic mass is 10.1. The van der Waals surface area contributed by atoms with Gasteiger partial charge in [0.05, 0.1) is 6.54 Å². The predicted molar refractivity (Wildman–Crippen MR) is 135 cm³/mol. The molecule has 2 rings (SSSR count). The highest BCUT2D eigenvalue weighted by atomic mass is 127. The molecule has 2 unspecified atom stereocenters. The van der Waals surface area contributed by atoms with Crippen LogP contribution in [0.5, 0.6) is 0 Å². The van der Waals surface area contributed by atoms with Gasteiger partial charge >= 0.3 is 0 Å². The van der Waals surface area contributed by atoms with Crippen LogP contribution in [-0.2, 0) is 6.54 Å². The molecular formula is C22H33IN4OS. The van der Waals surface area contributed by atoms with Crippen LogP contribution in [0.3, 0.4) is 0 Å². The number of rotatable bonds is 9. The van der Waals surface area contributed by atoms with Crippen molar-refractivity contribution in [2.45, 2.75) is 52.6 Å². The first kappa shape index (κ1) is 25.4. The first-order valence-electron chi connectivity index (χ1n) is 9.98. The van der Waals surface area contributed by atoms with E-state index in [4.69, 9.17) is 0 Å². The summed E-state index contributed by atoms with van der Waals surface area (Å²) in [7, 11) is 0. The molecule has 0 fully saturated rings. The van der Waals surface area contributed by atoms with Crippen molar-refractivity contribution in [2.75, 3.05) is 13.1 Å². The smallest absolute Gasteiger partial charge is 0.251 e. The van der Waals surface area contributed by atoms with Gasteiger partial charge in [-0.2, -0.15) is 0 Å². The van der Waals surface area contributed by atoms with Gasteiger partial charge in [0, 0.05) is 35.5 Å². The second-order valence-electron chi connectivity index (χ2n) is 6.98. The maximum atomic E-state index is 12.3. The van der Waals surface area contributed by atoms with Gasteiger partial charge in [0.1, 0.15) is 0 Å². The third-order valence-corrected chi connectivity index (χ3v) is 5.65. The average molecular weight is 529 g/mol. The Kier molecular flexibility index (Phi) is 11.9. The minimum absolute atomic E-state index is 0. The van der Waals surface area contributed by atoms with Gasteiger partial charge in [0.2, 0.25) is 0 Å². The van der Waals surface area contributed by atoms with E-state index in [9.17, 15) is 4.79 Å². The number of carbonyl (C=O) groups excluding carboxylic acids is 1. The molecule has 0 aliphatic carbocycles. The summed E-state index contributed by atoms with van der Waals surface area (Å²) in [5, 5.41) is 11.8. The zero-order chi connectivity index (χ0) is 20.4. The van der Waals surface area contributed by atoms with Gasteiger partial charge in [-0.15, -0.1) is 35.3 Å². The summed E-state index contributed by atoms with van der Waals surface area (Å²) in [4.78, 5) is 18.4. The second-order valence-corrected chi connectivity index (χ2v) is 7.95. The Hall–Kier alpha value is -1.61. The molecule has 1 amide bonds. The molecule has 0 saturated carbocycles. The van der Waals surface area contributed by atoms with Crippen LogP contribution < -0.4 is 16.0 Å². The van der Waals surface area contributed by atoms with Gasteiger partial charge < -0.3 is 16.0 Å². The molecule has 0 saturated heterocycles. The van der Waals surface area contributed by atoms with E-state index in [1.54, 1.807) is 11.3 Å². The number of guanidine groups is 1. The molecule has 2 atom stereocenters. The SMILES string of the molecule is CCNC(=NCc1cccc(C(=O)NC(C)CC)c1)NCC(C)c1cccs1.I. The van der Waals surface area contributed by atoms with Crippen molar-refractivity contribution < 1.29 is 4.79 Å². The van der Waals surface area contributed by atoms with Gasteiger partial charge in [-0.3, -0.25) is 4.79 Å². The van der Waals surface area contributed by atoms with Crippen LogP contribution in [-0.4, -0.2) is 31.0 Å². The van der Waals surface area contributed by atoms with E-state index in [0.29, 0.717) is 18.0 Å². The van der Waals surface area contributed by atoms with Crippen molar-refractivity contribution in [3.63, 3.8) is 0 Å². The quantitative estimate of drug-likeness (QED) is 0.250. The predicted octanol–water partition coefficient (Wildman–Crippen LogP) is 4.75. The molecule has 1 heterocycles. The number of hydrogen-bond acceptors (Lipinski definition) is 3. The molecule has 0 aliphatic heterocycles. The largest absolute Gasteiger partial charge is 0.357 e. The minimum Gasteiger partial charge on any atom is -0.357 e. The first-order valence-corrected chi connectivity index (χ1v) is 10.9. The van der Waals surface area contributed by atoms with E-state index in [2.05, 4.69) is 59.2 Å². The lowest BCUT2D eigenvalue weighted by Crippen LogP contribution is -2.39. The Balaban J connectivity index is 0.00000420. The summed E-state index contributed by atoms with van der Waals surface area (Å²) in [6.07, 6.45) is 0.914. The number of nitrogens with one attached hydrogen (secondary N) is 3. The molecule has 5 nitrogen and oxygen atoms in total. The summed E-state index contributed by atoms with van der Waals surface area (Å²) < 4.78 is 0. The van der Waals surface area contributed by atoms with Gasteiger partial charge in [-0.1, -0.05) is 32.0 Å². The van der Waals surface area contributed by atoms with Crippen LogP contribution in [0.2, 0.25) is 0 Å². The maximum absolute atomic E-state index is 12.3. The third-order valence-electron chi connectivity index (χ3n) is 4.55. The van der Waals surface area contributed by atoms with Crippen LogP contribution in [0.4, 0.5) is 0 Å². The topological polar surface area (TPSA) is 65.5 Å². The standard InChI is InChI=1S/C22H32N4OS.HI/c1-5-17(4)26-21(27)19-10-7-9-18(13-19)15-25-22(23-6-2)24-14-16(3)20-11-8-12-28-20;/h7-13,16-17H,5-6,14-15H2,1-4H3,(H,26,27)(H2,23,24,25);1H. The molecule has 0 radical (unpaired) electrons. The second kappa shape index (κ2) is 13.6. The zero-order valence-corrected chi connectivity index (χ0v) is 20.8. The molecule has 0 bridgehead atoms. The highest BCUT2D eigenvalue weighted by Gasteiger charge is 2.10. The molecule has 1 aromatic carbocycles. The van der Waals surface area contributed by atoms with E-state index in [0.717, 1.165) is 31.0 Å². The number of thiophene rings is 1. The molecule has 0 spiro atoms. The fraction of sp³-hybridized carbons (Fsp3) is 0.455. The van der Waals surface area contributed by atoms with Crippen molar-refractivity contribution >= 4 is 47.2 Å². The van der Waals surface area contributed by atoms with Gasteiger partial charge in [-0.05, 0) is 49.4 Å². The van der Waals surface area contributed by atoms with Crippen LogP contribution in [0.25, 0.3) is 0 Å². The average Bonchev–Trinajstić information content (AvgIpc) is 3.25. The lowest BCUT2D eigenvalue weighted by Gasteiger charge is -2.15. The zero-order valence-electron chi connectivity index (χ0n) is 17.7. The van der Waals surface area contributed by atoms with Gasteiger partial charge in [0.25, 0.3) is 5.91 Å². The fourth-order valence-corrected chi connectivity index (χ4v) is 3.44. The lowest BCUT2D eigenvalue weighted by molar-refractivity contribution is 0.0939. The number of benzene rings is 1. The number of carbonyl (C=O) groups is 1. The van der Waals surface area contributed by atoms with Crippen molar-refractivity contribution in [3.8, 4) is 0 Å². The van der Waals surface area contributed by atoms with Crippen molar-refractivity contribution in [1.29, 1.82) is 0 Å². The van der Waals surface area contributed by atoms with Crippen molar-refractivity contribution in [2.24, 2.45) is 4.99 Å². The summed E-state index contributed by atoms with van der Waals surface area (Å²) in [5.74, 6) is 1.19. The molecule has 3 N–H and O–H groups in total. The fourth-order valence-electron chi connectivity index (χ4n) is 2.65. The number of hydrogen-bond donors (Lipinski definition) is 3. The van der Waals surface area contributed by atoms with Crippen molar-refractivity contribution in [3.05, 3.63) is 57.8 Å². The Labute approximate surface area is 195 Å². The molecule has 0 aliphatic rings. The molecule has 160 valence electrons. The van der Waals surface area contributed by atoms with E-state index >= 15 is 0 Å². The molecule has 2 aromatic rings. The number of halogens is 1. The summed E-state index contributed by atoms with van der Waals surface area (Å²) in [6.45, 7) is 10.5. The summed E-state index contributed by atoms with van der Waals surface area (Å²) in [6, 6.07) is 12.1.